The number of nitrogens with one attached hydrogen (secondary N) is 1. The molecule has 0 radical (unpaired) electrons. The van der Waals surface area contributed by atoms with Crippen LogP contribution in [0.15, 0.2) is 23.2 Å². The lowest BCUT2D eigenvalue weighted by Gasteiger charge is -2.06. The predicted molar refractivity (Wildman–Crippen MR) is 68.8 cm³/mol. The lowest BCUT2D eigenvalue weighted by Crippen LogP contribution is -2.29. The van der Waals surface area contributed by atoms with Gasteiger partial charge in [0.15, 0.2) is 9.84 Å². The molecular weight excluding hydrogens is 300 g/mol. The van der Waals surface area contributed by atoms with E-state index >= 15 is 0 Å². The van der Waals surface area contributed by atoms with E-state index in [2.05, 4.69) is 9.71 Å². The van der Waals surface area contributed by atoms with Crippen LogP contribution in [-0.2, 0) is 19.9 Å². The van der Waals surface area contributed by atoms with Crippen LogP contribution in [0.4, 0.5) is 0 Å². The van der Waals surface area contributed by atoms with E-state index in [1.165, 1.54) is 19.1 Å². The number of hydrogen-bond acceptors (Lipinski definition) is 5. The SMILES string of the molecule is CCS(=O)(=O)CCNS(=O)(=O)c1ccc(Cl)nc1. The van der Waals surface area contributed by atoms with Gasteiger partial charge >= 0.3 is 0 Å². The van der Waals surface area contributed by atoms with Crippen LogP contribution in [0.2, 0.25) is 5.15 Å². The number of pyridine rings is 1. The molecule has 0 aliphatic carbocycles. The Morgan fingerprint density at radius 3 is 2.44 bits per heavy atom. The van der Waals surface area contributed by atoms with Crippen LogP contribution in [0.1, 0.15) is 6.92 Å². The zero-order valence-corrected chi connectivity index (χ0v) is 12.0. The maximum absolute atomic E-state index is 11.7. The van der Waals surface area contributed by atoms with Crippen LogP contribution in [-0.4, -0.2) is 39.9 Å². The van der Waals surface area contributed by atoms with E-state index in [1.807, 2.05) is 0 Å². The van der Waals surface area contributed by atoms with E-state index in [9.17, 15) is 16.8 Å². The quantitative estimate of drug-likeness (QED) is 0.770. The summed E-state index contributed by atoms with van der Waals surface area (Å²) >= 11 is 5.54. The summed E-state index contributed by atoms with van der Waals surface area (Å²) in [5.74, 6) is -0.249. The topological polar surface area (TPSA) is 93.2 Å². The number of sulfonamides is 1. The van der Waals surface area contributed by atoms with E-state index in [4.69, 9.17) is 11.6 Å². The van der Waals surface area contributed by atoms with Crippen LogP contribution >= 0.6 is 11.6 Å². The molecule has 0 spiro atoms. The number of aromatic nitrogens is 1. The zero-order chi connectivity index (χ0) is 13.8. The lowest BCUT2D eigenvalue weighted by atomic mass is 10.5. The molecule has 0 fully saturated rings. The molecule has 1 heterocycles. The molecule has 9 heteroatoms. The highest BCUT2D eigenvalue weighted by atomic mass is 35.5. The average Bonchev–Trinajstić information content (AvgIpc) is 2.29. The molecular formula is C9H13ClN2O4S2. The highest BCUT2D eigenvalue weighted by molar-refractivity contribution is 7.91. The van der Waals surface area contributed by atoms with E-state index in [0.29, 0.717) is 0 Å². The Kier molecular flexibility index (Phi) is 5.09. The van der Waals surface area contributed by atoms with Gasteiger partial charge in [-0.2, -0.15) is 0 Å². The first-order valence-electron chi connectivity index (χ1n) is 5.08. The monoisotopic (exact) mass is 312 g/mol. The fourth-order valence-corrected chi connectivity index (χ4v) is 3.00. The normalized spacial score (nSPS) is 12.6. The van der Waals surface area contributed by atoms with Crippen molar-refractivity contribution in [3.63, 3.8) is 0 Å². The van der Waals surface area contributed by atoms with Crippen LogP contribution < -0.4 is 4.72 Å². The molecule has 0 aliphatic rings. The Hall–Kier alpha value is -0.700. The molecule has 0 aliphatic heterocycles. The van der Waals surface area contributed by atoms with Gasteiger partial charge in [-0.25, -0.2) is 26.5 Å². The second-order valence-electron chi connectivity index (χ2n) is 3.45. The fraction of sp³-hybridized carbons (Fsp3) is 0.444. The maximum atomic E-state index is 11.7. The fourth-order valence-electron chi connectivity index (χ4n) is 1.08. The molecule has 102 valence electrons. The summed E-state index contributed by atoms with van der Waals surface area (Å²) in [5.41, 5.74) is 0. The second-order valence-corrected chi connectivity index (χ2v) is 8.08. The van der Waals surface area contributed by atoms with Gasteiger partial charge in [-0.3, -0.25) is 0 Å². The third-order valence-corrected chi connectivity index (χ3v) is 5.53. The van der Waals surface area contributed by atoms with Crippen molar-refractivity contribution in [2.45, 2.75) is 11.8 Å². The molecule has 6 nitrogen and oxygen atoms in total. The van der Waals surface area contributed by atoms with E-state index < -0.39 is 19.9 Å². The number of rotatable bonds is 6. The predicted octanol–water partition coefficient (Wildman–Crippen LogP) is 0.448. The van der Waals surface area contributed by atoms with Crippen LogP contribution in [0.25, 0.3) is 0 Å². The molecule has 1 aromatic rings. The van der Waals surface area contributed by atoms with Crippen molar-refractivity contribution in [1.82, 2.24) is 9.71 Å². The van der Waals surface area contributed by atoms with Gasteiger partial charge in [-0.15, -0.1) is 0 Å². The first-order valence-corrected chi connectivity index (χ1v) is 8.77. The minimum Gasteiger partial charge on any atom is -0.243 e. The van der Waals surface area contributed by atoms with E-state index in [-0.39, 0.29) is 28.1 Å². The lowest BCUT2D eigenvalue weighted by molar-refractivity contribution is 0.581. The average molecular weight is 313 g/mol. The third-order valence-electron chi connectivity index (χ3n) is 2.16. The zero-order valence-electron chi connectivity index (χ0n) is 9.63. The number of hydrogen-bond donors (Lipinski definition) is 1. The van der Waals surface area contributed by atoms with Crippen LogP contribution in [0, 0.1) is 0 Å². The van der Waals surface area contributed by atoms with E-state index in [0.717, 1.165) is 6.20 Å². The summed E-state index contributed by atoms with van der Waals surface area (Å²) in [6.45, 7) is 1.34. The molecule has 18 heavy (non-hydrogen) atoms. The molecule has 0 unspecified atom stereocenters. The van der Waals surface area contributed by atoms with Gasteiger partial charge < -0.3 is 0 Å². The molecule has 0 saturated carbocycles. The maximum Gasteiger partial charge on any atom is 0.242 e. The summed E-state index contributed by atoms with van der Waals surface area (Å²) in [7, 11) is -6.94. The van der Waals surface area contributed by atoms with Crippen molar-refractivity contribution in [1.29, 1.82) is 0 Å². The van der Waals surface area contributed by atoms with Crippen molar-refractivity contribution >= 4 is 31.5 Å². The van der Waals surface area contributed by atoms with Crippen molar-refractivity contribution in [2.75, 3.05) is 18.1 Å². The van der Waals surface area contributed by atoms with Gasteiger partial charge in [0.05, 0.1) is 5.75 Å². The Labute approximate surface area is 111 Å². The Morgan fingerprint density at radius 1 is 1.28 bits per heavy atom. The Bertz CT molecular complexity index is 596. The molecule has 1 rings (SSSR count). The number of sulfone groups is 1. The molecule has 0 saturated heterocycles. The summed E-state index contributed by atoms with van der Waals surface area (Å²) in [6.07, 6.45) is 1.11. The van der Waals surface area contributed by atoms with Gasteiger partial charge in [-0.1, -0.05) is 18.5 Å². The molecule has 0 bridgehead atoms. The molecule has 0 amide bonds. The number of nitrogens with zero attached hydrogens (tertiary/aromatic N) is 1. The van der Waals surface area contributed by atoms with Gasteiger partial charge in [0.1, 0.15) is 10.0 Å². The summed E-state index contributed by atoms with van der Waals surface area (Å²) < 4.78 is 48.1. The van der Waals surface area contributed by atoms with Crippen LogP contribution in [0.5, 0.6) is 0 Å². The van der Waals surface area contributed by atoms with E-state index in [1.54, 1.807) is 0 Å². The highest BCUT2D eigenvalue weighted by Gasteiger charge is 2.15. The summed E-state index contributed by atoms with van der Waals surface area (Å²) in [6, 6.07) is 2.64. The molecule has 0 aromatic carbocycles. The van der Waals surface area contributed by atoms with Crippen molar-refractivity contribution in [3.8, 4) is 0 Å². The van der Waals surface area contributed by atoms with Gasteiger partial charge in [0, 0.05) is 18.5 Å². The van der Waals surface area contributed by atoms with Crippen molar-refractivity contribution in [2.24, 2.45) is 0 Å². The smallest absolute Gasteiger partial charge is 0.242 e. The van der Waals surface area contributed by atoms with Crippen molar-refractivity contribution in [3.05, 3.63) is 23.5 Å². The first-order chi connectivity index (χ1) is 8.27. The summed E-state index contributed by atoms with van der Waals surface area (Å²) in [5, 5.41) is 0.183. The minimum atomic E-state index is -3.74. The van der Waals surface area contributed by atoms with Gasteiger partial charge in [0.2, 0.25) is 10.0 Å². The Balaban J connectivity index is 2.69. The number of halogens is 1. The molecule has 0 atom stereocenters. The molecule has 1 aromatic heterocycles. The third kappa shape index (κ3) is 4.52. The molecule has 1 N–H and O–H groups in total. The summed E-state index contributed by atoms with van der Waals surface area (Å²) in [4.78, 5) is 3.59. The van der Waals surface area contributed by atoms with Gasteiger partial charge in [0.25, 0.3) is 0 Å². The first kappa shape index (κ1) is 15.4. The highest BCUT2D eigenvalue weighted by Crippen LogP contribution is 2.10. The Morgan fingerprint density at radius 2 is 1.94 bits per heavy atom. The minimum absolute atomic E-state index is 0.0166. The standard InChI is InChI=1S/C9H13ClN2O4S2/c1-2-17(13,14)6-5-12-18(15,16)8-3-4-9(10)11-7-8/h3-4,7,12H,2,5-6H2,1H3. The second kappa shape index (κ2) is 5.96. The van der Waals surface area contributed by atoms with Crippen molar-refractivity contribution < 1.29 is 16.8 Å². The van der Waals surface area contributed by atoms with Crippen LogP contribution in [0.3, 0.4) is 0 Å². The largest absolute Gasteiger partial charge is 0.243 e. The van der Waals surface area contributed by atoms with Gasteiger partial charge in [-0.05, 0) is 12.1 Å².